The number of nitrogens with one attached hydrogen (secondary N) is 1. The largest absolute Gasteiger partial charge is 0.484 e. The van der Waals surface area contributed by atoms with Crippen LogP contribution in [0.25, 0.3) is 0 Å². The average molecular weight is 312 g/mol. The first-order valence-corrected chi connectivity index (χ1v) is 5.33. The molecule has 3 nitrogen and oxygen atoms in total. The van der Waals surface area contributed by atoms with E-state index >= 15 is 0 Å². The van der Waals surface area contributed by atoms with Gasteiger partial charge in [0, 0.05) is 17.1 Å². The molecule has 94 valence electrons. The van der Waals surface area contributed by atoms with E-state index in [1.165, 1.54) is 25.2 Å². The third kappa shape index (κ3) is 4.64. The van der Waals surface area contributed by atoms with Gasteiger partial charge in [-0.05, 0) is 18.2 Å². The van der Waals surface area contributed by atoms with Crippen LogP contribution in [0, 0.1) is 0 Å². The van der Waals surface area contributed by atoms with E-state index in [9.17, 15) is 18.0 Å². The number of carbonyl (C=O) groups is 1. The van der Waals surface area contributed by atoms with Gasteiger partial charge in [-0.15, -0.1) is 0 Å². The predicted molar refractivity (Wildman–Crippen MR) is 59.1 cm³/mol. The molecule has 0 aliphatic carbocycles. The third-order valence-corrected chi connectivity index (χ3v) is 2.22. The average Bonchev–Trinajstić information content (AvgIpc) is 2.23. The SMILES string of the molecule is CNC(=O)c1cc(Br)cc(OCC(F)(F)F)c1. The number of carbonyl (C=O) groups excluding carboxylic acids is 1. The second kappa shape index (κ2) is 5.39. The summed E-state index contributed by atoms with van der Waals surface area (Å²) in [4.78, 5) is 11.3. The van der Waals surface area contributed by atoms with Crippen molar-refractivity contribution < 1.29 is 22.7 Å². The van der Waals surface area contributed by atoms with E-state index in [0.29, 0.717) is 4.47 Å². The highest BCUT2D eigenvalue weighted by molar-refractivity contribution is 9.10. The quantitative estimate of drug-likeness (QED) is 0.932. The van der Waals surface area contributed by atoms with Crippen LogP contribution in [0.3, 0.4) is 0 Å². The highest BCUT2D eigenvalue weighted by Gasteiger charge is 2.28. The second-order valence-electron chi connectivity index (χ2n) is 3.16. The fourth-order valence-corrected chi connectivity index (χ4v) is 1.56. The van der Waals surface area contributed by atoms with Crippen LogP contribution >= 0.6 is 15.9 Å². The molecule has 1 rings (SSSR count). The van der Waals surface area contributed by atoms with Gasteiger partial charge in [-0.2, -0.15) is 13.2 Å². The Balaban J connectivity index is 2.86. The van der Waals surface area contributed by atoms with Gasteiger partial charge in [-0.1, -0.05) is 15.9 Å². The lowest BCUT2D eigenvalue weighted by Crippen LogP contribution is -2.20. The maximum Gasteiger partial charge on any atom is 0.422 e. The smallest absolute Gasteiger partial charge is 0.422 e. The monoisotopic (exact) mass is 311 g/mol. The molecule has 1 aromatic carbocycles. The molecule has 0 bridgehead atoms. The minimum Gasteiger partial charge on any atom is -0.484 e. The first kappa shape index (κ1) is 13.8. The molecule has 17 heavy (non-hydrogen) atoms. The van der Waals surface area contributed by atoms with Crippen molar-refractivity contribution in [2.24, 2.45) is 0 Å². The van der Waals surface area contributed by atoms with Crippen LogP contribution in [-0.2, 0) is 0 Å². The zero-order chi connectivity index (χ0) is 13.1. The highest BCUT2D eigenvalue weighted by atomic mass is 79.9. The van der Waals surface area contributed by atoms with Crippen molar-refractivity contribution in [3.63, 3.8) is 0 Å². The highest BCUT2D eigenvalue weighted by Crippen LogP contribution is 2.24. The van der Waals surface area contributed by atoms with Crippen molar-refractivity contribution in [2.45, 2.75) is 6.18 Å². The van der Waals surface area contributed by atoms with Crippen molar-refractivity contribution in [1.82, 2.24) is 5.32 Å². The van der Waals surface area contributed by atoms with E-state index in [4.69, 9.17) is 0 Å². The van der Waals surface area contributed by atoms with E-state index in [1.807, 2.05) is 0 Å². The molecule has 0 atom stereocenters. The van der Waals surface area contributed by atoms with Crippen molar-refractivity contribution in [3.8, 4) is 5.75 Å². The van der Waals surface area contributed by atoms with E-state index in [-0.39, 0.29) is 11.3 Å². The Morgan fingerprint density at radius 3 is 2.59 bits per heavy atom. The Morgan fingerprint density at radius 2 is 2.06 bits per heavy atom. The Morgan fingerprint density at radius 1 is 1.41 bits per heavy atom. The topological polar surface area (TPSA) is 38.3 Å². The van der Waals surface area contributed by atoms with Crippen LogP contribution in [0.2, 0.25) is 0 Å². The molecule has 0 saturated carbocycles. The molecule has 7 heteroatoms. The second-order valence-corrected chi connectivity index (χ2v) is 4.07. The maximum absolute atomic E-state index is 12.0. The van der Waals surface area contributed by atoms with Crippen molar-refractivity contribution in [1.29, 1.82) is 0 Å². The molecule has 0 unspecified atom stereocenters. The molecule has 0 fully saturated rings. The Kier molecular flexibility index (Phi) is 4.39. The van der Waals surface area contributed by atoms with Crippen LogP contribution < -0.4 is 10.1 Å². The summed E-state index contributed by atoms with van der Waals surface area (Å²) in [5.74, 6) is -0.418. The molecule has 0 aromatic heterocycles. The molecular formula is C10H9BrF3NO2. The Bertz CT molecular complexity index is 421. The molecule has 1 aromatic rings. The molecule has 0 radical (unpaired) electrons. The Labute approximate surface area is 104 Å². The van der Waals surface area contributed by atoms with Crippen LogP contribution in [0.5, 0.6) is 5.75 Å². The molecule has 0 heterocycles. The molecule has 0 aliphatic rings. The molecule has 0 spiro atoms. The van der Waals surface area contributed by atoms with Gasteiger partial charge in [-0.3, -0.25) is 4.79 Å². The van der Waals surface area contributed by atoms with Crippen molar-refractivity contribution >= 4 is 21.8 Å². The number of benzene rings is 1. The zero-order valence-corrected chi connectivity index (χ0v) is 10.4. The summed E-state index contributed by atoms with van der Waals surface area (Å²) < 4.78 is 40.9. The molecule has 0 saturated heterocycles. The first-order valence-electron chi connectivity index (χ1n) is 4.54. The lowest BCUT2D eigenvalue weighted by Gasteiger charge is -2.10. The summed E-state index contributed by atoms with van der Waals surface area (Å²) in [5.41, 5.74) is 0.221. The molecular weight excluding hydrogens is 303 g/mol. The number of alkyl halides is 3. The minimum absolute atomic E-state index is 0.0182. The van der Waals surface area contributed by atoms with Gasteiger partial charge in [0.1, 0.15) is 5.75 Å². The van der Waals surface area contributed by atoms with E-state index in [0.717, 1.165) is 0 Å². The number of rotatable bonds is 3. The summed E-state index contributed by atoms with van der Waals surface area (Å²) >= 11 is 3.09. The fraction of sp³-hybridized carbons (Fsp3) is 0.300. The molecule has 1 N–H and O–H groups in total. The zero-order valence-electron chi connectivity index (χ0n) is 8.77. The lowest BCUT2D eigenvalue weighted by atomic mass is 10.2. The number of amides is 1. The predicted octanol–water partition coefficient (Wildman–Crippen LogP) is 2.75. The number of halogens is 4. The van der Waals surface area contributed by atoms with Crippen LogP contribution in [0.15, 0.2) is 22.7 Å². The van der Waals surface area contributed by atoms with Gasteiger partial charge in [0.2, 0.25) is 0 Å². The van der Waals surface area contributed by atoms with Crippen molar-refractivity contribution in [3.05, 3.63) is 28.2 Å². The number of hydrogen-bond donors (Lipinski definition) is 1. The summed E-state index contributed by atoms with van der Waals surface area (Å²) in [6.07, 6.45) is -4.41. The molecule has 1 amide bonds. The summed E-state index contributed by atoms with van der Waals surface area (Å²) in [6.45, 7) is -1.39. The number of hydrogen-bond acceptors (Lipinski definition) is 2. The summed E-state index contributed by atoms with van der Waals surface area (Å²) in [7, 11) is 1.43. The van der Waals surface area contributed by atoms with E-state index < -0.39 is 18.7 Å². The Hall–Kier alpha value is -1.24. The normalized spacial score (nSPS) is 11.1. The maximum atomic E-state index is 12.0. The van der Waals surface area contributed by atoms with E-state index in [2.05, 4.69) is 26.0 Å². The van der Waals surface area contributed by atoms with Crippen LogP contribution in [0.1, 0.15) is 10.4 Å². The molecule has 0 aliphatic heterocycles. The lowest BCUT2D eigenvalue weighted by molar-refractivity contribution is -0.153. The summed E-state index contributed by atoms with van der Waals surface area (Å²) in [6, 6.07) is 4.09. The number of ether oxygens (including phenoxy) is 1. The van der Waals surface area contributed by atoms with Gasteiger partial charge in [0.15, 0.2) is 6.61 Å². The van der Waals surface area contributed by atoms with Gasteiger partial charge < -0.3 is 10.1 Å². The van der Waals surface area contributed by atoms with Gasteiger partial charge in [-0.25, -0.2) is 0 Å². The van der Waals surface area contributed by atoms with Crippen molar-refractivity contribution in [2.75, 3.05) is 13.7 Å². The van der Waals surface area contributed by atoms with Gasteiger partial charge >= 0.3 is 6.18 Å². The minimum atomic E-state index is -4.41. The van der Waals surface area contributed by atoms with Crippen LogP contribution in [-0.4, -0.2) is 25.7 Å². The fourth-order valence-electron chi connectivity index (χ4n) is 1.09. The standard InChI is InChI=1S/C10H9BrF3NO2/c1-15-9(16)6-2-7(11)4-8(3-6)17-5-10(12,13)14/h2-4H,5H2,1H3,(H,15,16). The van der Waals surface area contributed by atoms with Crippen LogP contribution in [0.4, 0.5) is 13.2 Å². The summed E-state index contributed by atoms with van der Waals surface area (Å²) in [5, 5.41) is 2.37. The van der Waals surface area contributed by atoms with Gasteiger partial charge in [0.05, 0.1) is 0 Å². The first-order chi connectivity index (χ1) is 7.81. The third-order valence-electron chi connectivity index (χ3n) is 1.76. The van der Waals surface area contributed by atoms with E-state index in [1.54, 1.807) is 0 Å². The van der Waals surface area contributed by atoms with Gasteiger partial charge in [0.25, 0.3) is 5.91 Å².